The maximum absolute atomic E-state index is 14.2. The predicted molar refractivity (Wildman–Crippen MR) is 111 cm³/mol. The zero-order valence-electron chi connectivity index (χ0n) is 15.6. The molecule has 0 atom stereocenters. The number of carbonyl (C=O) groups is 1. The number of benzene rings is 2. The fourth-order valence-corrected chi connectivity index (χ4v) is 2.94. The number of para-hydroxylation sites is 1. The fourth-order valence-electron chi connectivity index (χ4n) is 2.54. The molecule has 150 valence electrons. The van der Waals surface area contributed by atoms with E-state index in [0.29, 0.717) is 30.8 Å². The Kier molecular flexibility index (Phi) is 7.58. The van der Waals surface area contributed by atoms with Crippen LogP contribution in [-0.4, -0.2) is 17.5 Å². The molecule has 3 rings (SSSR count). The number of pyridine rings is 1. The lowest BCUT2D eigenvalue weighted by Gasteiger charge is -2.10. The van der Waals surface area contributed by atoms with Crippen LogP contribution in [0.15, 0.2) is 71.5 Å². The SMILES string of the molecule is O=C(CCCOc1ccccc1Br)NCc1ccc(Oc2cccnc2)c(F)c1. The van der Waals surface area contributed by atoms with E-state index in [1.54, 1.807) is 24.4 Å². The Hall–Kier alpha value is -2.93. The second-order valence-corrected chi connectivity index (χ2v) is 7.07. The van der Waals surface area contributed by atoms with Crippen LogP contribution < -0.4 is 14.8 Å². The van der Waals surface area contributed by atoms with Crippen LogP contribution in [0, 0.1) is 5.82 Å². The first kappa shape index (κ1) is 20.8. The summed E-state index contributed by atoms with van der Waals surface area (Å²) in [6.45, 7) is 0.680. The molecule has 5 nitrogen and oxygen atoms in total. The molecule has 0 bridgehead atoms. The Morgan fingerprint density at radius 2 is 1.97 bits per heavy atom. The Balaban J connectivity index is 1.40. The summed E-state index contributed by atoms with van der Waals surface area (Å²) in [7, 11) is 0. The molecule has 0 aliphatic carbocycles. The molecule has 0 saturated heterocycles. The molecule has 7 heteroatoms. The first-order valence-corrected chi connectivity index (χ1v) is 9.91. The molecule has 0 radical (unpaired) electrons. The van der Waals surface area contributed by atoms with Crippen molar-refractivity contribution in [1.29, 1.82) is 0 Å². The molecule has 1 amide bonds. The van der Waals surface area contributed by atoms with Crippen molar-refractivity contribution >= 4 is 21.8 Å². The van der Waals surface area contributed by atoms with Crippen molar-refractivity contribution in [2.24, 2.45) is 0 Å². The van der Waals surface area contributed by atoms with E-state index in [1.807, 2.05) is 24.3 Å². The van der Waals surface area contributed by atoms with Crippen LogP contribution in [0.5, 0.6) is 17.2 Å². The minimum atomic E-state index is -0.498. The third-order valence-electron chi connectivity index (χ3n) is 3.99. The van der Waals surface area contributed by atoms with E-state index in [4.69, 9.17) is 9.47 Å². The van der Waals surface area contributed by atoms with Crippen molar-refractivity contribution in [2.45, 2.75) is 19.4 Å². The number of aromatic nitrogens is 1. The molecule has 29 heavy (non-hydrogen) atoms. The number of amides is 1. The summed E-state index contributed by atoms with van der Waals surface area (Å²) in [5, 5.41) is 2.78. The molecule has 3 aromatic rings. The molecule has 0 aliphatic heterocycles. The van der Waals surface area contributed by atoms with Gasteiger partial charge in [0.1, 0.15) is 11.5 Å². The highest BCUT2D eigenvalue weighted by molar-refractivity contribution is 9.10. The molecule has 0 fully saturated rings. The number of nitrogens with one attached hydrogen (secondary N) is 1. The van der Waals surface area contributed by atoms with Crippen molar-refractivity contribution in [2.75, 3.05) is 6.61 Å². The lowest BCUT2D eigenvalue weighted by molar-refractivity contribution is -0.121. The van der Waals surface area contributed by atoms with Crippen LogP contribution in [0.2, 0.25) is 0 Å². The molecule has 1 aromatic heterocycles. The minimum Gasteiger partial charge on any atom is -0.492 e. The summed E-state index contributed by atoms with van der Waals surface area (Å²) in [6, 6.07) is 15.6. The van der Waals surface area contributed by atoms with Crippen molar-refractivity contribution in [3.8, 4) is 17.2 Å². The average molecular weight is 459 g/mol. The van der Waals surface area contributed by atoms with Gasteiger partial charge in [-0.2, -0.15) is 0 Å². The monoisotopic (exact) mass is 458 g/mol. The Bertz CT molecular complexity index is 954. The highest BCUT2D eigenvalue weighted by Gasteiger charge is 2.08. The number of rotatable bonds is 9. The van der Waals surface area contributed by atoms with E-state index in [2.05, 4.69) is 26.2 Å². The summed E-state index contributed by atoms with van der Waals surface area (Å²) in [5.74, 6) is 0.700. The lowest BCUT2D eigenvalue weighted by atomic mass is 10.2. The minimum absolute atomic E-state index is 0.109. The lowest BCUT2D eigenvalue weighted by Crippen LogP contribution is -2.23. The highest BCUT2D eigenvalue weighted by Crippen LogP contribution is 2.25. The van der Waals surface area contributed by atoms with Crippen molar-refractivity contribution in [1.82, 2.24) is 10.3 Å². The summed E-state index contributed by atoms with van der Waals surface area (Å²) in [6.07, 6.45) is 4.03. The van der Waals surface area contributed by atoms with E-state index in [9.17, 15) is 9.18 Å². The molecular weight excluding hydrogens is 439 g/mol. The van der Waals surface area contributed by atoms with Crippen molar-refractivity contribution in [3.05, 3.63) is 82.8 Å². The number of nitrogens with zero attached hydrogens (tertiary/aromatic N) is 1. The van der Waals surface area contributed by atoms with Crippen LogP contribution in [0.4, 0.5) is 4.39 Å². The topological polar surface area (TPSA) is 60.5 Å². The van der Waals surface area contributed by atoms with Gasteiger partial charge in [0.05, 0.1) is 17.3 Å². The van der Waals surface area contributed by atoms with Crippen molar-refractivity contribution < 1.29 is 18.7 Å². The van der Waals surface area contributed by atoms with Gasteiger partial charge in [-0.1, -0.05) is 18.2 Å². The van der Waals surface area contributed by atoms with Gasteiger partial charge in [-0.3, -0.25) is 9.78 Å². The van der Waals surface area contributed by atoms with E-state index >= 15 is 0 Å². The summed E-state index contributed by atoms with van der Waals surface area (Å²) >= 11 is 3.41. The van der Waals surface area contributed by atoms with Crippen LogP contribution in [0.1, 0.15) is 18.4 Å². The van der Waals surface area contributed by atoms with E-state index < -0.39 is 5.82 Å². The van der Waals surface area contributed by atoms with Crippen LogP contribution in [0.3, 0.4) is 0 Å². The smallest absolute Gasteiger partial charge is 0.220 e. The molecule has 0 spiro atoms. The number of carbonyl (C=O) groups excluding carboxylic acids is 1. The third-order valence-corrected chi connectivity index (χ3v) is 4.65. The summed E-state index contributed by atoms with van der Waals surface area (Å²) in [4.78, 5) is 15.9. The van der Waals surface area contributed by atoms with Crippen molar-refractivity contribution in [3.63, 3.8) is 0 Å². The standard InChI is InChI=1S/C22H20BrFN2O3/c23-18-6-1-2-7-20(18)28-12-4-8-22(27)26-14-16-9-10-21(19(24)13-16)29-17-5-3-11-25-15-17/h1-3,5-7,9-11,13,15H,4,8,12,14H2,(H,26,27). The Morgan fingerprint density at radius 1 is 1.10 bits per heavy atom. The first-order chi connectivity index (χ1) is 14.1. The van der Waals surface area contributed by atoms with Gasteiger partial charge in [-0.25, -0.2) is 4.39 Å². The second kappa shape index (κ2) is 10.6. The van der Waals surface area contributed by atoms with Gasteiger partial charge in [0.2, 0.25) is 5.91 Å². The Morgan fingerprint density at radius 3 is 2.72 bits per heavy atom. The zero-order chi connectivity index (χ0) is 20.5. The van der Waals surface area contributed by atoms with Crippen LogP contribution >= 0.6 is 15.9 Å². The highest BCUT2D eigenvalue weighted by atomic mass is 79.9. The number of hydrogen-bond donors (Lipinski definition) is 1. The fraction of sp³-hybridized carbons (Fsp3) is 0.182. The molecule has 1 heterocycles. The molecule has 0 unspecified atom stereocenters. The molecule has 1 N–H and O–H groups in total. The van der Waals surface area contributed by atoms with Crippen LogP contribution in [-0.2, 0) is 11.3 Å². The van der Waals surface area contributed by atoms with Gasteiger partial charge in [-0.15, -0.1) is 0 Å². The van der Waals surface area contributed by atoms with E-state index in [0.717, 1.165) is 10.2 Å². The van der Waals surface area contributed by atoms with Gasteiger partial charge >= 0.3 is 0 Å². The molecule has 0 saturated carbocycles. The maximum atomic E-state index is 14.2. The normalized spacial score (nSPS) is 10.4. The zero-order valence-corrected chi connectivity index (χ0v) is 17.2. The maximum Gasteiger partial charge on any atom is 0.220 e. The summed E-state index contributed by atoms with van der Waals surface area (Å²) in [5.41, 5.74) is 0.652. The van der Waals surface area contributed by atoms with Crippen LogP contribution in [0.25, 0.3) is 0 Å². The second-order valence-electron chi connectivity index (χ2n) is 6.21. The van der Waals surface area contributed by atoms with Gasteiger partial charge in [0.15, 0.2) is 11.6 Å². The van der Waals surface area contributed by atoms with Gasteiger partial charge in [0, 0.05) is 19.2 Å². The summed E-state index contributed by atoms with van der Waals surface area (Å²) < 4.78 is 26.2. The molecule has 2 aromatic carbocycles. The van der Waals surface area contributed by atoms with Gasteiger partial charge in [0.25, 0.3) is 0 Å². The predicted octanol–water partition coefficient (Wildman–Crippen LogP) is 5.25. The van der Waals surface area contributed by atoms with E-state index in [1.165, 1.54) is 18.3 Å². The van der Waals surface area contributed by atoms with Gasteiger partial charge in [-0.05, 0) is 64.3 Å². The molecule has 0 aliphatic rings. The quantitative estimate of drug-likeness (QED) is 0.444. The Labute approximate surface area is 177 Å². The number of halogens is 2. The van der Waals surface area contributed by atoms with E-state index in [-0.39, 0.29) is 18.2 Å². The number of ether oxygens (including phenoxy) is 2. The molecular formula is C22H20BrFN2O3. The average Bonchev–Trinajstić information content (AvgIpc) is 2.73. The third kappa shape index (κ3) is 6.57. The first-order valence-electron chi connectivity index (χ1n) is 9.12. The largest absolute Gasteiger partial charge is 0.492 e. The van der Waals surface area contributed by atoms with Gasteiger partial charge < -0.3 is 14.8 Å². The number of hydrogen-bond acceptors (Lipinski definition) is 4.